The van der Waals surface area contributed by atoms with Gasteiger partial charge in [-0.15, -0.1) is 0 Å². The highest BCUT2D eigenvalue weighted by atomic mass is 16.5. The minimum absolute atomic E-state index is 0.509. The molecule has 17 heavy (non-hydrogen) atoms. The van der Waals surface area contributed by atoms with E-state index in [1.807, 2.05) is 24.3 Å². The molecule has 88 valence electrons. The third kappa shape index (κ3) is 2.93. The largest absolute Gasteiger partial charge is 0.496 e. The topological polar surface area (TPSA) is 61.0 Å². The van der Waals surface area contributed by atoms with E-state index in [0.29, 0.717) is 5.82 Å². The summed E-state index contributed by atoms with van der Waals surface area (Å²) < 4.78 is 5.29. The van der Waals surface area contributed by atoms with Gasteiger partial charge in [0.05, 0.1) is 7.11 Å². The van der Waals surface area contributed by atoms with Crippen LogP contribution in [0.25, 0.3) is 0 Å². The first-order valence-electron chi connectivity index (χ1n) is 5.49. The number of aryl methyl sites for hydroxylation is 2. The van der Waals surface area contributed by atoms with Gasteiger partial charge in [-0.25, -0.2) is 9.97 Å². The van der Waals surface area contributed by atoms with Crippen molar-refractivity contribution in [3.05, 3.63) is 47.9 Å². The molecule has 1 aromatic carbocycles. The van der Waals surface area contributed by atoms with E-state index in [2.05, 4.69) is 9.97 Å². The average Bonchev–Trinajstić information content (AvgIpc) is 2.37. The Hall–Kier alpha value is -2.10. The average molecular weight is 229 g/mol. The molecule has 0 radical (unpaired) electrons. The highest BCUT2D eigenvalue weighted by Crippen LogP contribution is 2.18. The summed E-state index contributed by atoms with van der Waals surface area (Å²) in [6.45, 7) is 0. The molecule has 0 unspecified atom stereocenters. The van der Waals surface area contributed by atoms with E-state index in [0.717, 1.165) is 30.0 Å². The Morgan fingerprint density at radius 2 is 2.00 bits per heavy atom. The van der Waals surface area contributed by atoms with Gasteiger partial charge in [-0.05, 0) is 24.1 Å². The van der Waals surface area contributed by atoms with Crippen LogP contribution in [0.15, 0.2) is 36.5 Å². The van der Waals surface area contributed by atoms with Crippen LogP contribution >= 0.6 is 0 Å². The molecule has 0 aliphatic carbocycles. The summed E-state index contributed by atoms with van der Waals surface area (Å²) in [6, 6.07) is 9.64. The second kappa shape index (κ2) is 5.30. The van der Waals surface area contributed by atoms with Crippen molar-refractivity contribution in [2.24, 2.45) is 0 Å². The van der Waals surface area contributed by atoms with E-state index >= 15 is 0 Å². The van der Waals surface area contributed by atoms with Crippen LogP contribution in [0.3, 0.4) is 0 Å². The number of anilines is 1. The zero-order valence-corrected chi connectivity index (χ0v) is 9.76. The zero-order valence-electron chi connectivity index (χ0n) is 9.76. The van der Waals surface area contributed by atoms with Gasteiger partial charge in [0.2, 0.25) is 0 Å². The monoisotopic (exact) mass is 229 g/mol. The van der Waals surface area contributed by atoms with Gasteiger partial charge in [-0.1, -0.05) is 18.2 Å². The van der Waals surface area contributed by atoms with Gasteiger partial charge in [0.1, 0.15) is 17.4 Å². The predicted octanol–water partition coefficient (Wildman–Crippen LogP) is 1.85. The lowest BCUT2D eigenvalue weighted by molar-refractivity contribution is 0.409. The molecule has 0 amide bonds. The van der Waals surface area contributed by atoms with Crippen molar-refractivity contribution < 1.29 is 4.74 Å². The minimum Gasteiger partial charge on any atom is -0.496 e. The standard InChI is InChI=1S/C13H15N3O/c1-17-11-5-3-2-4-10(11)6-7-13-15-9-8-12(14)16-13/h2-5,8-9H,6-7H2,1H3,(H2,14,15,16). The normalized spacial score (nSPS) is 10.2. The Balaban J connectivity index is 2.07. The number of methoxy groups -OCH3 is 1. The molecule has 0 fully saturated rings. The van der Waals surface area contributed by atoms with Crippen molar-refractivity contribution in [1.82, 2.24) is 9.97 Å². The van der Waals surface area contributed by atoms with Crippen molar-refractivity contribution in [2.75, 3.05) is 12.8 Å². The zero-order chi connectivity index (χ0) is 12.1. The first-order chi connectivity index (χ1) is 8.29. The van der Waals surface area contributed by atoms with E-state index in [-0.39, 0.29) is 0 Å². The molecule has 1 aromatic heterocycles. The molecule has 0 saturated carbocycles. The fraction of sp³-hybridized carbons (Fsp3) is 0.231. The molecular weight excluding hydrogens is 214 g/mol. The molecule has 0 bridgehead atoms. The highest BCUT2D eigenvalue weighted by Gasteiger charge is 2.03. The number of rotatable bonds is 4. The summed E-state index contributed by atoms with van der Waals surface area (Å²) in [5.41, 5.74) is 6.76. The summed E-state index contributed by atoms with van der Waals surface area (Å²) in [4.78, 5) is 8.35. The van der Waals surface area contributed by atoms with Gasteiger partial charge < -0.3 is 10.5 Å². The van der Waals surface area contributed by atoms with Crippen molar-refractivity contribution in [3.8, 4) is 5.75 Å². The molecule has 4 nitrogen and oxygen atoms in total. The highest BCUT2D eigenvalue weighted by molar-refractivity contribution is 5.33. The van der Waals surface area contributed by atoms with Crippen LogP contribution < -0.4 is 10.5 Å². The molecular formula is C13H15N3O. The number of nitrogen functional groups attached to an aromatic ring is 1. The molecule has 0 saturated heterocycles. The first kappa shape index (κ1) is 11.4. The first-order valence-corrected chi connectivity index (χ1v) is 5.49. The summed E-state index contributed by atoms with van der Waals surface area (Å²) in [5.74, 6) is 2.17. The number of ether oxygens (including phenoxy) is 1. The fourth-order valence-electron chi connectivity index (χ4n) is 1.69. The SMILES string of the molecule is COc1ccccc1CCc1nccc(N)n1. The Morgan fingerprint density at radius 3 is 2.76 bits per heavy atom. The lowest BCUT2D eigenvalue weighted by Crippen LogP contribution is -2.01. The van der Waals surface area contributed by atoms with E-state index in [9.17, 15) is 0 Å². The Labute approximate surface area is 100 Å². The third-order valence-corrected chi connectivity index (χ3v) is 2.54. The Bertz CT molecular complexity index is 500. The van der Waals surface area contributed by atoms with Gasteiger partial charge in [-0.2, -0.15) is 0 Å². The molecule has 4 heteroatoms. The van der Waals surface area contributed by atoms with Gasteiger partial charge in [0.25, 0.3) is 0 Å². The maximum absolute atomic E-state index is 5.61. The van der Waals surface area contributed by atoms with E-state index in [1.165, 1.54) is 0 Å². The molecule has 0 spiro atoms. The Morgan fingerprint density at radius 1 is 1.18 bits per heavy atom. The van der Waals surface area contributed by atoms with Gasteiger partial charge in [0.15, 0.2) is 0 Å². The molecule has 1 heterocycles. The van der Waals surface area contributed by atoms with Gasteiger partial charge in [-0.3, -0.25) is 0 Å². The molecule has 2 N–H and O–H groups in total. The van der Waals surface area contributed by atoms with Gasteiger partial charge >= 0.3 is 0 Å². The number of para-hydroxylation sites is 1. The Kier molecular flexibility index (Phi) is 3.55. The number of hydrogen-bond donors (Lipinski definition) is 1. The van der Waals surface area contributed by atoms with Crippen molar-refractivity contribution in [2.45, 2.75) is 12.8 Å². The van der Waals surface area contributed by atoms with Crippen LogP contribution in [-0.4, -0.2) is 17.1 Å². The quantitative estimate of drug-likeness (QED) is 0.869. The number of benzene rings is 1. The van der Waals surface area contributed by atoms with Crippen LogP contribution in [-0.2, 0) is 12.8 Å². The predicted molar refractivity (Wildman–Crippen MR) is 66.8 cm³/mol. The lowest BCUT2D eigenvalue weighted by Gasteiger charge is -2.07. The summed E-state index contributed by atoms with van der Waals surface area (Å²) in [5, 5.41) is 0. The summed E-state index contributed by atoms with van der Waals surface area (Å²) >= 11 is 0. The van der Waals surface area contributed by atoms with Crippen LogP contribution in [0.2, 0.25) is 0 Å². The molecule has 2 aromatic rings. The number of nitrogens with zero attached hydrogens (tertiary/aromatic N) is 2. The fourth-order valence-corrected chi connectivity index (χ4v) is 1.69. The van der Waals surface area contributed by atoms with Crippen LogP contribution in [0.4, 0.5) is 5.82 Å². The van der Waals surface area contributed by atoms with Gasteiger partial charge in [0, 0.05) is 12.6 Å². The maximum Gasteiger partial charge on any atom is 0.130 e. The van der Waals surface area contributed by atoms with Crippen LogP contribution in [0.5, 0.6) is 5.75 Å². The smallest absolute Gasteiger partial charge is 0.130 e. The van der Waals surface area contributed by atoms with Crippen molar-refractivity contribution >= 4 is 5.82 Å². The lowest BCUT2D eigenvalue weighted by atomic mass is 10.1. The van der Waals surface area contributed by atoms with Crippen molar-refractivity contribution in [3.63, 3.8) is 0 Å². The second-order valence-electron chi connectivity index (χ2n) is 3.71. The number of aromatic nitrogens is 2. The molecule has 2 rings (SSSR count). The molecule has 0 atom stereocenters. The minimum atomic E-state index is 0.509. The number of nitrogens with two attached hydrogens (primary N) is 1. The molecule has 0 aliphatic heterocycles. The maximum atomic E-state index is 5.61. The van der Waals surface area contributed by atoms with E-state index in [4.69, 9.17) is 10.5 Å². The summed E-state index contributed by atoms with van der Waals surface area (Å²) in [6.07, 6.45) is 3.28. The van der Waals surface area contributed by atoms with Crippen LogP contribution in [0.1, 0.15) is 11.4 Å². The summed E-state index contributed by atoms with van der Waals surface area (Å²) in [7, 11) is 1.68. The molecule has 0 aliphatic rings. The second-order valence-corrected chi connectivity index (χ2v) is 3.71. The van der Waals surface area contributed by atoms with E-state index < -0.39 is 0 Å². The van der Waals surface area contributed by atoms with Crippen LogP contribution in [0, 0.1) is 0 Å². The number of hydrogen-bond acceptors (Lipinski definition) is 4. The van der Waals surface area contributed by atoms with Crippen molar-refractivity contribution in [1.29, 1.82) is 0 Å². The van der Waals surface area contributed by atoms with E-state index in [1.54, 1.807) is 19.4 Å². The third-order valence-electron chi connectivity index (χ3n) is 2.54.